The summed E-state index contributed by atoms with van der Waals surface area (Å²) in [6, 6.07) is 0. The Morgan fingerprint density at radius 3 is 2.15 bits per heavy atom. The highest BCUT2D eigenvalue weighted by atomic mass is 16.6. The number of carbonyl (C=O) groups is 3. The number of hydrogen-bond acceptors (Lipinski definition) is 8. The maximum absolute atomic E-state index is 12.7. The van der Waals surface area contributed by atoms with E-state index in [2.05, 4.69) is 0 Å². The molecule has 5 unspecified atom stereocenters. The summed E-state index contributed by atoms with van der Waals surface area (Å²) in [5, 5.41) is 9.98. The molecule has 148 valence electrons. The number of ether oxygens (including phenoxy) is 4. The first-order valence-corrected chi connectivity index (χ1v) is 8.82. The summed E-state index contributed by atoms with van der Waals surface area (Å²) < 4.78 is 19.8. The van der Waals surface area contributed by atoms with E-state index >= 15 is 0 Å². The van der Waals surface area contributed by atoms with Gasteiger partial charge >= 0.3 is 17.9 Å². The molecule has 2 saturated carbocycles. The van der Waals surface area contributed by atoms with E-state index in [0.717, 1.165) is 0 Å². The Morgan fingerprint density at radius 2 is 1.65 bits per heavy atom. The fourth-order valence-electron chi connectivity index (χ4n) is 5.10. The van der Waals surface area contributed by atoms with Gasteiger partial charge in [0.2, 0.25) is 0 Å². The SMILES string of the molecule is COC(=O)C1CCCC2C1C(CC(O)OC)CC2(C(=O)OC)C(=O)OC. The fraction of sp³-hybridized carbons (Fsp3) is 0.833. The minimum absolute atomic E-state index is 0.148. The number of rotatable bonds is 6. The molecule has 2 rings (SSSR count). The van der Waals surface area contributed by atoms with E-state index < -0.39 is 35.5 Å². The Morgan fingerprint density at radius 1 is 1.04 bits per heavy atom. The molecule has 0 spiro atoms. The summed E-state index contributed by atoms with van der Waals surface area (Å²) in [6.07, 6.45) is 1.22. The Balaban J connectivity index is 2.51. The largest absolute Gasteiger partial charge is 0.469 e. The van der Waals surface area contributed by atoms with Crippen molar-refractivity contribution >= 4 is 17.9 Å². The van der Waals surface area contributed by atoms with Crippen molar-refractivity contribution < 1.29 is 38.4 Å². The van der Waals surface area contributed by atoms with Crippen molar-refractivity contribution in [1.29, 1.82) is 0 Å². The average molecular weight is 372 g/mol. The van der Waals surface area contributed by atoms with Crippen LogP contribution < -0.4 is 0 Å². The second kappa shape index (κ2) is 8.35. The minimum Gasteiger partial charge on any atom is -0.469 e. The number of esters is 3. The molecular weight excluding hydrogens is 344 g/mol. The second-order valence-corrected chi connectivity index (χ2v) is 7.09. The third kappa shape index (κ3) is 3.32. The van der Waals surface area contributed by atoms with Crippen LogP contribution in [0.25, 0.3) is 0 Å². The van der Waals surface area contributed by atoms with Crippen LogP contribution in [0.15, 0.2) is 0 Å². The maximum atomic E-state index is 12.7. The van der Waals surface area contributed by atoms with Crippen molar-refractivity contribution in [3.05, 3.63) is 0 Å². The number of carbonyl (C=O) groups excluding carboxylic acids is 3. The van der Waals surface area contributed by atoms with Gasteiger partial charge in [0.05, 0.1) is 27.2 Å². The van der Waals surface area contributed by atoms with Crippen molar-refractivity contribution in [2.75, 3.05) is 28.4 Å². The third-order valence-corrected chi connectivity index (χ3v) is 6.10. The molecule has 2 aliphatic rings. The van der Waals surface area contributed by atoms with Gasteiger partial charge in [0.15, 0.2) is 11.7 Å². The van der Waals surface area contributed by atoms with Crippen molar-refractivity contribution in [3.8, 4) is 0 Å². The molecule has 2 aliphatic carbocycles. The maximum Gasteiger partial charge on any atom is 0.323 e. The van der Waals surface area contributed by atoms with Crippen LogP contribution in [-0.2, 0) is 33.3 Å². The first kappa shape index (κ1) is 20.6. The van der Waals surface area contributed by atoms with E-state index in [1.54, 1.807) is 0 Å². The molecule has 0 saturated heterocycles. The fourth-order valence-corrected chi connectivity index (χ4v) is 5.10. The van der Waals surface area contributed by atoms with Gasteiger partial charge in [-0.05, 0) is 37.0 Å². The van der Waals surface area contributed by atoms with Gasteiger partial charge in [-0.15, -0.1) is 0 Å². The molecule has 8 nitrogen and oxygen atoms in total. The summed E-state index contributed by atoms with van der Waals surface area (Å²) in [5.41, 5.74) is -1.47. The molecule has 1 N–H and O–H groups in total. The Bertz CT molecular complexity index is 529. The predicted molar refractivity (Wildman–Crippen MR) is 88.5 cm³/mol. The number of aliphatic hydroxyl groups excluding tert-OH is 1. The first-order valence-electron chi connectivity index (χ1n) is 8.82. The Hall–Kier alpha value is -1.67. The second-order valence-electron chi connectivity index (χ2n) is 7.09. The zero-order valence-corrected chi connectivity index (χ0v) is 15.7. The minimum atomic E-state index is -1.47. The highest BCUT2D eigenvalue weighted by Crippen LogP contribution is 2.60. The summed E-state index contributed by atoms with van der Waals surface area (Å²) in [4.78, 5) is 37.8. The van der Waals surface area contributed by atoms with Crippen LogP contribution in [0.2, 0.25) is 0 Å². The third-order valence-electron chi connectivity index (χ3n) is 6.10. The normalized spacial score (nSPS) is 30.8. The number of hydrogen-bond donors (Lipinski definition) is 1. The van der Waals surface area contributed by atoms with E-state index in [0.29, 0.717) is 19.3 Å². The standard InChI is InChI=1S/C18H28O8/c1-23-13(19)8-10-9-18(16(21)25-3,17(22)26-4)12-7-5-6-11(14(10)12)15(20)24-2/h10-14,19H,5-9H2,1-4H3. The van der Waals surface area contributed by atoms with Crippen molar-refractivity contribution in [1.82, 2.24) is 0 Å². The molecule has 8 heteroatoms. The average Bonchev–Trinajstić information content (AvgIpc) is 3.01. The summed E-state index contributed by atoms with van der Waals surface area (Å²) in [6.45, 7) is 0. The van der Waals surface area contributed by atoms with Crippen LogP contribution >= 0.6 is 0 Å². The monoisotopic (exact) mass is 372 g/mol. The van der Waals surface area contributed by atoms with Crippen molar-refractivity contribution in [2.24, 2.45) is 29.1 Å². The van der Waals surface area contributed by atoms with Gasteiger partial charge in [-0.2, -0.15) is 0 Å². The zero-order chi connectivity index (χ0) is 19.5. The van der Waals surface area contributed by atoms with Gasteiger partial charge in [-0.1, -0.05) is 6.42 Å². The van der Waals surface area contributed by atoms with Crippen LogP contribution in [0.1, 0.15) is 32.1 Å². The number of aliphatic hydroxyl groups is 1. The highest BCUT2D eigenvalue weighted by Gasteiger charge is 2.66. The quantitative estimate of drug-likeness (QED) is 0.317. The molecule has 0 amide bonds. The summed E-state index contributed by atoms with van der Waals surface area (Å²) in [7, 11) is 5.18. The highest BCUT2D eigenvalue weighted by molar-refractivity contribution is 6.01. The first-order chi connectivity index (χ1) is 12.4. The predicted octanol–water partition coefficient (Wildman–Crippen LogP) is 0.899. The van der Waals surface area contributed by atoms with Gasteiger partial charge < -0.3 is 24.1 Å². The van der Waals surface area contributed by atoms with E-state index in [4.69, 9.17) is 18.9 Å². The molecular formula is C18H28O8. The lowest BCUT2D eigenvalue weighted by Gasteiger charge is -2.39. The van der Waals surface area contributed by atoms with Crippen LogP contribution in [-0.4, -0.2) is 57.7 Å². The van der Waals surface area contributed by atoms with Gasteiger partial charge in [-0.3, -0.25) is 14.4 Å². The molecule has 26 heavy (non-hydrogen) atoms. The van der Waals surface area contributed by atoms with Crippen LogP contribution in [0.5, 0.6) is 0 Å². The topological polar surface area (TPSA) is 108 Å². The van der Waals surface area contributed by atoms with E-state index in [-0.39, 0.29) is 30.6 Å². The van der Waals surface area contributed by atoms with Crippen molar-refractivity contribution in [2.45, 2.75) is 38.4 Å². The van der Waals surface area contributed by atoms with Crippen molar-refractivity contribution in [3.63, 3.8) is 0 Å². The Labute approximate surface area is 153 Å². The molecule has 0 aromatic rings. The molecule has 2 fully saturated rings. The lowest BCUT2D eigenvalue weighted by molar-refractivity contribution is -0.175. The molecule has 5 atom stereocenters. The molecule has 0 bridgehead atoms. The van der Waals surface area contributed by atoms with Gasteiger partial charge in [-0.25, -0.2) is 0 Å². The Kier molecular flexibility index (Phi) is 6.63. The van der Waals surface area contributed by atoms with Gasteiger partial charge in [0.1, 0.15) is 0 Å². The molecule has 0 aliphatic heterocycles. The number of fused-ring (bicyclic) bond motifs is 1. The van der Waals surface area contributed by atoms with Gasteiger partial charge in [0.25, 0.3) is 0 Å². The molecule has 0 heterocycles. The molecule has 0 aromatic heterocycles. The summed E-state index contributed by atoms with van der Waals surface area (Å²) in [5.74, 6) is -3.09. The van der Waals surface area contributed by atoms with E-state index in [9.17, 15) is 19.5 Å². The lowest BCUT2D eigenvalue weighted by atomic mass is 9.64. The van der Waals surface area contributed by atoms with Gasteiger partial charge in [0, 0.05) is 13.5 Å². The smallest absolute Gasteiger partial charge is 0.323 e. The van der Waals surface area contributed by atoms with Crippen LogP contribution in [0.3, 0.4) is 0 Å². The zero-order valence-electron chi connectivity index (χ0n) is 15.7. The van der Waals surface area contributed by atoms with E-state index in [1.165, 1.54) is 28.4 Å². The number of methoxy groups -OCH3 is 4. The summed E-state index contributed by atoms with van der Waals surface area (Å²) >= 11 is 0. The lowest BCUT2D eigenvalue weighted by Crippen LogP contribution is -2.48. The van der Waals surface area contributed by atoms with Crippen LogP contribution in [0, 0.1) is 29.1 Å². The van der Waals surface area contributed by atoms with E-state index in [1.807, 2.05) is 0 Å². The molecule has 0 radical (unpaired) electrons. The molecule has 0 aromatic carbocycles. The van der Waals surface area contributed by atoms with Crippen LogP contribution in [0.4, 0.5) is 0 Å².